The van der Waals surface area contributed by atoms with Crippen LogP contribution in [-0.4, -0.2) is 41.2 Å². The van der Waals surface area contributed by atoms with Crippen molar-refractivity contribution in [1.29, 1.82) is 0 Å². The first kappa shape index (κ1) is 68.2. The molecule has 0 aliphatic heterocycles. The van der Waals surface area contributed by atoms with Crippen molar-refractivity contribution in [3.05, 3.63) is 252 Å². The van der Waals surface area contributed by atoms with Gasteiger partial charge in [0.2, 0.25) is 0 Å². The zero-order valence-electron chi connectivity index (χ0n) is 39.9. The Morgan fingerprint density at radius 3 is 0.444 bits per heavy atom. The molecule has 72 heavy (non-hydrogen) atoms. The summed E-state index contributed by atoms with van der Waals surface area (Å²) in [7, 11) is 0. The summed E-state index contributed by atoms with van der Waals surface area (Å²) in [4.78, 5) is 70.4. The fourth-order valence-electron chi connectivity index (χ4n) is 4.62. The SMILES string of the molecule is CC(=O)[O-].CC(=O)[O-].CC(=O)[O-].CC(=O)[O-].O=C(C=Cc1ccccc1)C=Cc1ccccc1.O=C(C=Cc1ccccc1)C=Cc1ccccc1.O=C(C=Cc1ccccc1)C=Cc1ccccc1.[Pd+2].[Pd+2]. The second kappa shape index (κ2) is 45.4. The van der Waals surface area contributed by atoms with Crippen LogP contribution in [0.5, 0.6) is 0 Å². The van der Waals surface area contributed by atoms with Crippen molar-refractivity contribution in [3.63, 3.8) is 0 Å². The molecule has 0 N–H and O–H groups in total. The summed E-state index contributed by atoms with van der Waals surface area (Å²) in [6.45, 7) is 3.89. The van der Waals surface area contributed by atoms with E-state index < -0.39 is 23.9 Å². The van der Waals surface area contributed by atoms with Gasteiger partial charge in [0.1, 0.15) is 0 Å². The third kappa shape index (κ3) is 47.1. The number of benzene rings is 6. The number of hydrogen-bond donors (Lipinski definition) is 0. The summed E-state index contributed by atoms with van der Waals surface area (Å²) in [5.41, 5.74) is 6.16. The molecule has 0 heterocycles. The van der Waals surface area contributed by atoms with Crippen LogP contribution in [-0.2, 0) is 74.4 Å². The van der Waals surface area contributed by atoms with E-state index in [-0.39, 0.29) is 58.2 Å². The van der Waals surface area contributed by atoms with Gasteiger partial charge in [0.05, 0.1) is 0 Å². The molecule has 0 bridgehead atoms. The van der Waals surface area contributed by atoms with Gasteiger partial charge in [-0.1, -0.05) is 218 Å². The summed E-state index contributed by atoms with van der Waals surface area (Å²) >= 11 is 0. The van der Waals surface area contributed by atoms with Gasteiger partial charge in [-0.25, -0.2) is 0 Å². The molecule has 6 rings (SSSR count). The van der Waals surface area contributed by atoms with Crippen LogP contribution in [0.3, 0.4) is 0 Å². The zero-order chi connectivity index (χ0) is 52.2. The van der Waals surface area contributed by atoms with Crippen LogP contribution in [0.15, 0.2) is 218 Å². The van der Waals surface area contributed by atoms with Gasteiger partial charge in [0.25, 0.3) is 0 Å². The van der Waals surface area contributed by atoms with Crippen molar-refractivity contribution in [2.45, 2.75) is 27.7 Å². The number of carbonyl (C=O) groups excluding carboxylic acids is 7. The first-order valence-electron chi connectivity index (χ1n) is 21.2. The molecule has 0 spiro atoms. The summed E-state index contributed by atoms with van der Waals surface area (Å²) in [5, 5.41) is 35.6. The van der Waals surface area contributed by atoms with E-state index >= 15 is 0 Å². The predicted molar refractivity (Wildman–Crippen MR) is 271 cm³/mol. The maximum atomic E-state index is 11.6. The molecule has 0 aliphatic carbocycles. The Kier molecular flexibility index (Phi) is 43.0. The molecule has 11 nitrogen and oxygen atoms in total. The van der Waals surface area contributed by atoms with Crippen molar-refractivity contribution in [2.75, 3.05) is 0 Å². The first-order valence-corrected chi connectivity index (χ1v) is 21.2. The van der Waals surface area contributed by atoms with Crippen molar-refractivity contribution < 1.29 is 94.8 Å². The van der Waals surface area contributed by atoms with Crippen molar-refractivity contribution in [3.8, 4) is 0 Å². The molecule has 0 amide bonds. The van der Waals surface area contributed by atoms with Gasteiger partial charge in [0, 0.05) is 23.9 Å². The minimum atomic E-state index is -1.08. The average Bonchev–Trinajstić information content (AvgIpc) is 3.34. The number of rotatable bonds is 12. The second-order valence-corrected chi connectivity index (χ2v) is 13.6. The molecule has 0 unspecified atom stereocenters. The van der Waals surface area contributed by atoms with Gasteiger partial charge in [-0.15, -0.1) is 0 Å². The molecule has 376 valence electrons. The summed E-state index contributed by atoms with van der Waals surface area (Å²) in [6, 6.07) is 58.7. The van der Waals surface area contributed by atoms with E-state index in [4.69, 9.17) is 39.6 Å². The largest absolute Gasteiger partial charge is 2.00 e. The number of carboxylic acids is 4. The maximum Gasteiger partial charge on any atom is 2.00 e. The molecule has 6 aromatic carbocycles. The molecule has 0 radical (unpaired) electrons. The second-order valence-electron chi connectivity index (χ2n) is 13.6. The average molecular weight is 1150 g/mol. The van der Waals surface area contributed by atoms with Crippen molar-refractivity contribution in [2.24, 2.45) is 0 Å². The number of ketones is 3. The molecule has 0 atom stereocenters. The Hall–Kier alpha value is -8.03. The number of aliphatic carboxylic acids is 4. The fraction of sp³-hybridized carbons (Fsp3) is 0.0678. The molecule has 0 saturated heterocycles. The number of allylic oxidation sites excluding steroid dienone is 6. The number of hydrogen-bond acceptors (Lipinski definition) is 11. The van der Waals surface area contributed by atoms with Gasteiger partial charge in [0.15, 0.2) is 17.3 Å². The third-order valence-electron chi connectivity index (χ3n) is 7.44. The van der Waals surface area contributed by atoms with E-state index in [1.54, 1.807) is 36.5 Å². The Morgan fingerprint density at radius 2 is 0.347 bits per heavy atom. The predicted octanol–water partition coefficient (Wildman–Crippen LogP) is 6.97. The van der Waals surface area contributed by atoms with Gasteiger partial charge >= 0.3 is 40.8 Å². The van der Waals surface area contributed by atoms with E-state index in [0.717, 1.165) is 61.1 Å². The van der Waals surface area contributed by atoms with E-state index in [1.165, 1.54) is 0 Å². The van der Waals surface area contributed by atoms with Gasteiger partial charge in [-0.3, -0.25) is 14.4 Å². The van der Waals surface area contributed by atoms with Gasteiger partial charge in [-0.05, 0) is 97.5 Å². The Balaban J connectivity index is -0.000000850. The van der Waals surface area contributed by atoms with Crippen LogP contribution in [0.2, 0.25) is 0 Å². The molecule has 13 heteroatoms. The molecular weight excluding hydrogens is 1100 g/mol. The number of carboxylic acid groups (broad SMARTS) is 4. The molecule has 0 aromatic heterocycles. The smallest absolute Gasteiger partial charge is 0.550 e. The van der Waals surface area contributed by atoms with E-state index in [0.29, 0.717) is 0 Å². The Morgan fingerprint density at radius 1 is 0.250 bits per heavy atom. The van der Waals surface area contributed by atoms with E-state index in [2.05, 4.69) is 0 Å². The minimum absolute atomic E-state index is 0. The van der Waals surface area contributed by atoms with Crippen LogP contribution in [0.25, 0.3) is 36.5 Å². The maximum absolute atomic E-state index is 11.6. The minimum Gasteiger partial charge on any atom is -0.550 e. The van der Waals surface area contributed by atoms with Crippen LogP contribution in [0, 0.1) is 0 Å². The zero-order valence-corrected chi connectivity index (χ0v) is 43.0. The number of carbonyl (C=O) groups is 7. The quantitative estimate of drug-likeness (QED) is 0.0902. The molecule has 6 aromatic rings. The third-order valence-corrected chi connectivity index (χ3v) is 7.44. The normalized spacial score (nSPS) is 9.72. The first-order chi connectivity index (χ1) is 33.5. The summed E-state index contributed by atoms with van der Waals surface area (Å²) < 4.78 is 0. The Bertz CT molecular complexity index is 2140. The molecular formula is C59H54O11Pd2. The van der Waals surface area contributed by atoms with Crippen LogP contribution < -0.4 is 20.4 Å². The van der Waals surface area contributed by atoms with Crippen molar-refractivity contribution >= 4 is 77.7 Å². The van der Waals surface area contributed by atoms with Crippen LogP contribution in [0.4, 0.5) is 0 Å². The van der Waals surface area contributed by atoms with Crippen molar-refractivity contribution in [1.82, 2.24) is 0 Å². The topological polar surface area (TPSA) is 212 Å². The molecule has 0 aliphatic rings. The van der Waals surface area contributed by atoms with E-state index in [9.17, 15) is 14.4 Å². The molecule has 0 fully saturated rings. The Labute approximate surface area is 449 Å². The van der Waals surface area contributed by atoms with Gasteiger partial charge < -0.3 is 39.6 Å². The summed E-state index contributed by atoms with van der Waals surface area (Å²) in [6.07, 6.45) is 20.4. The standard InChI is InChI=1S/3C17H14O.4C2H4O2.2Pd/c3*18-17(13-11-15-7-3-1-4-8-15)14-12-16-9-5-2-6-10-16;4*1-2(3)4;;/h3*1-14H;4*1H3,(H,3,4);;/q;;;;;;;2*+2/p-4. The molecule has 0 saturated carbocycles. The van der Waals surface area contributed by atoms with Gasteiger partial charge in [-0.2, -0.15) is 0 Å². The van der Waals surface area contributed by atoms with Crippen LogP contribution >= 0.6 is 0 Å². The van der Waals surface area contributed by atoms with Crippen LogP contribution in [0.1, 0.15) is 61.1 Å². The monoisotopic (exact) mass is 1150 g/mol. The summed E-state index contributed by atoms with van der Waals surface area (Å²) in [5.74, 6) is -4.37. The fourth-order valence-corrected chi connectivity index (χ4v) is 4.62. The van der Waals surface area contributed by atoms with E-state index in [1.807, 2.05) is 218 Å².